The Morgan fingerprint density at radius 1 is 1.41 bits per heavy atom. The third-order valence-electron chi connectivity index (χ3n) is 3.67. The molecule has 27 heavy (non-hydrogen) atoms. The second-order valence-corrected chi connectivity index (χ2v) is 6.78. The van der Waals surface area contributed by atoms with Crippen LogP contribution in [0.25, 0.3) is 6.08 Å². The normalized spacial score (nSPS) is 11.3. The van der Waals surface area contributed by atoms with Crippen molar-refractivity contribution in [1.29, 1.82) is 0 Å². The summed E-state index contributed by atoms with van der Waals surface area (Å²) in [6.45, 7) is 2.63. The second-order valence-electron chi connectivity index (χ2n) is 5.52. The van der Waals surface area contributed by atoms with E-state index in [2.05, 4.69) is 21.0 Å². The number of allylic oxidation sites excluding steroid dienone is 1. The molecule has 0 aliphatic carbocycles. The number of rotatable bonds is 7. The number of carbonyl (C=O) groups is 1. The van der Waals surface area contributed by atoms with Crippen LogP contribution in [0, 0.1) is 5.82 Å². The molecule has 3 aromatic rings. The van der Waals surface area contributed by atoms with Crippen molar-refractivity contribution >= 4 is 39.4 Å². The molecule has 0 saturated carbocycles. The quantitative estimate of drug-likeness (QED) is 0.349. The predicted molar refractivity (Wildman–Crippen MR) is 103 cm³/mol. The van der Waals surface area contributed by atoms with Gasteiger partial charge in [0.2, 0.25) is 5.78 Å². The van der Waals surface area contributed by atoms with Crippen molar-refractivity contribution in [2.75, 3.05) is 0 Å². The number of hydrogen-bond acceptors (Lipinski definition) is 4. The van der Waals surface area contributed by atoms with Gasteiger partial charge in [0.05, 0.1) is 15.7 Å². The van der Waals surface area contributed by atoms with Gasteiger partial charge < -0.3 is 9.15 Å². The zero-order valence-corrected chi connectivity index (χ0v) is 16.6. The number of carbonyl (C=O) groups excluding carboxylic acids is 1. The van der Waals surface area contributed by atoms with Crippen molar-refractivity contribution < 1.29 is 18.3 Å². The van der Waals surface area contributed by atoms with Crippen LogP contribution in [0.5, 0.6) is 5.75 Å². The van der Waals surface area contributed by atoms with Gasteiger partial charge in [0.25, 0.3) is 0 Å². The van der Waals surface area contributed by atoms with E-state index in [0.29, 0.717) is 34.0 Å². The molecule has 0 saturated heterocycles. The van der Waals surface area contributed by atoms with Crippen LogP contribution in [-0.4, -0.2) is 15.6 Å². The van der Waals surface area contributed by atoms with Crippen molar-refractivity contribution in [3.63, 3.8) is 0 Å². The Hall–Kier alpha value is -2.38. The van der Waals surface area contributed by atoms with E-state index >= 15 is 0 Å². The molecule has 2 heterocycles. The highest BCUT2D eigenvalue weighted by molar-refractivity contribution is 9.10. The molecule has 0 bridgehead atoms. The number of ether oxygens (including phenoxy) is 1. The molecule has 140 valence electrons. The van der Waals surface area contributed by atoms with Gasteiger partial charge >= 0.3 is 0 Å². The number of ketones is 1. The van der Waals surface area contributed by atoms with Gasteiger partial charge in [0, 0.05) is 6.54 Å². The van der Waals surface area contributed by atoms with Crippen molar-refractivity contribution in [3.05, 3.63) is 75.1 Å². The van der Waals surface area contributed by atoms with Crippen LogP contribution < -0.4 is 4.74 Å². The first-order valence-corrected chi connectivity index (χ1v) is 9.25. The average Bonchev–Trinajstić information content (AvgIpc) is 3.25. The fourth-order valence-electron chi connectivity index (χ4n) is 2.39. The molecule has 0 spiro atoms. The Balaban J connectivity index is 1.64. The monoisotopic (exact) mass is 452 g/mol. The summed E-state index contributed by atoms with van der Waals surface area (Å²) in [5.41, 5.74) is 0.481. The Bertz CT molecular complexity index is 997. The van der Waals surface area contributed by atoms with Gasteiger partial charge in [0.15, 0.2) is 0 Å². The highest BCUT2D eigenvalue weighted by atomic mass is 79.9. The molecule has 0 fully saturated rings. The van der Waals surface area contributed by atoms with Crippen LogP contribution in [0.1, 0.15) is 28.9 Å². The van der Waals surface area contributed by atoms with Gasteiger partial charge in [-0.25, -0.2) is 4.39 Å². The van der Waals surface area contributed by atoms with Crippen LogP contribution >= 0.6 is 27.5 Å². The van der Waals surface area contributed by atoms with Crippen LogP contribution in [0.2, 0.25) is 5.02 Å². The van der Waals surface area contributed by atoms with E-state index in [4.69, 9.17) is 20.8 Å². The summed E-state index contributed by atoms with van der Waals surface area (Å²) >= 11 is 9.25. The summed E-state index contributed by atoms with van der Waals surface area (Å²) in [7, 11) is 0. The highest BCUT2D eigenvalue weighted by Crippen LogP contribution is 2.26. The number of benzene rings is 1. The largest absolute Gasteiger partial charge is 0.484 e. The number of aryl methyl sites for hydroxylation is 1. The number of nitrogens with zero attached hydrogens (tertiary/aromatic N) is 2. The first-order valence-electron chi connectivity index (χ1n) is 8.08. The number of halogens is 3. The standard InChI is InChI=1S/C19H15BrClFN2O3/c1-2-24-19(15(20)10-23-24)17(25)7-6-13-4-5-14(27-13)11-26-18-8-3-12(22)9-16(18)21/h3-10H,2,11H2,1H3/b7-6+. The van der Waals surface area contributed by atoms with Gasteiger partial charge in [-0.05, 0) is 65.3 Å². The number of furan rings is 1. The summed E-state index contributed by atoms with van der Waals surface area (Å²) in [6, 6.07) is 7.35. The molecule has 2 aromatic heterocycles. The van der Waals surface area contributed by atoms with Crippen molar-refractivity contribution in [2.24, 2.45) is 0 Å². The van der Waals surface area contributed by atoms with E-state index in [-0.39, 0.29) is 17.4 Å². The Morgan fingerprint density at radius 2 is 2.22 bits per heavy atom. The lowest BCUT2D eigenvalue weighted by Gasteiger charge is -2.06. The summed E-state index contributed by atoms with van der Waals surface area (Å²) < 4.78 is 26.4. The van der Waals surface area contributed by atoms with Crippen LogP contribution in [0.4, 0.5) is 4.39 Å². The Morgan fingerprint density at radius 3 is 2.96 bits per heavy atom. The molecule has 8 heteroatoms. The number of hydrogen-bond donors (Lipinski definition) is 0. The van der Waals surface area contributed by atoms with E-state index in [0.717, 1.165) is 0 Å². The molecule has 0 radical (unpaired) electrons. The molecule has 0 amide bonds. The lowest BCUT2D eigenvalue weighted by atomic mass is 10.2. The van der Waals surface area contributed by atoms with Crippen LogP contribution in [0.3, 0.4) is 0 Å². The SMILES string of the molecule is CCn1ncc(Br)c1C(=O)/C=C/c1ccc(COc2ccc(F)cc2Cl)o1. The topological polar surface area (TPSA) is 57.3 Å². The summed E-state index contributed by atoms with van der Waals surface area (Å²) in [6.07, 6.45) is 4.60. The molecule has 0 aliphatic heterocycles. The molecule has 5 nitrogen and oxygen atoms in total. The summed E-state index contributed by atoms with van der Waals surface area (Å²) in [5, 5.41) is 4.31. The lowest BCUT2D eigenvalue weighted by molar-refractivity contribution is 0.103. The van der Waals surface area contributed by atoms with E-state index in [1.165, 1.54) is 24.3 Å². The molecular formula is C19H15BrClFN2O3. The van der Waals surface area contributed by atoms with Crippen molar-refractivity contribution in [2.45, 2.75) is 20.1 Å². The molecule has 0 unspecified atom stereocenters. The van der Waals surface area contributed by atoms with Crippen LogP contribution in [0.15, 0.2) is 51.5 Å². The van der Waals surface area contributed by atoms with Gasteiger partial charge in [-0.15, -0.1) is 0 Å². The second kappa shape index (κ2) is 8.54. The fraction of sp³-hybridized carbons (Fsp3) is 0.158. The van der Waals surface area contributed by atoms with Crippen LogP contribution in [-0.2, 0) is 13.2 Å². The molecule has 0 aliphatic rings. The maximum atomic E-state index is 13.0. The number of aromatic nitrogens is 2. The zero-order valence-electron chi connectivity index (χ0n) is 14.3. The maximum absolute atomic E-state index is 13.0. The molecular weight excluding hydrogens is 439 g/mol. The lowest BCUT2D eigenvalue weighted by Crippen LogP contribution is -2.07. The fourth-order valence-corrected chi connectivity index (χ4v) is 3.10. The van der Waals surface area contributed by atoms with Crippen molar-refractivity contribution in [1.82, 2.24) is 9.78 Å². The smallest absolute Gasteiger partial charge is 0.205 e. The third kappa shape index (κ3) is 4.67. The molecule has 0 atom stereocenters. The Kier molecular flexibility index (Phi) is 6.13. The molecule has 0 N–H and O–H groups in total. The predicted octanol–water partition coefficient (Wildman–Crippen LogP) is 5.53. The highest BCUT2D eigenvalue weighted by Gasteiger charge is 2.14. The first-order chi connectivity index (χ1) is 13.0. The minimum atomic E-state index is -0.432. The van der Waals surface area contributed by atoms with Gasteiger partial charge in [0.1, 0.15) is 35.4 Å². The summed E-state index contributed by atoms with van der Waals surface area (Å²) in [5.74, 6) is 0.791. The zero-order chi connectivity index (χ0) is 19.4. The maximum Gasteiger partial charge on any atom is 0.205 e. The third-order valence-corrected chi connectivity index (χ3v) is 4.55. The van der Waals surface area contributed by atoms with E-state index < -0.39 is 5.82 Å². The first kappa shape index (κ1) is 19.4. The van der Waals surface area contributed by atoms with Crippen molar-refractivity contribution in [3.8, 4) is 5.75 Å². The Labute approximate surface area is 168 Å². The van der Waals surface area contributed by atoms with Gasteiger partial charge in [-0.2, -0.15) is 5.10 Å². The minimum Gasteiger partial charge on any atom is -0.484 e. The minimum absolute atomic E-state index is 0.126. The molecule has 1 aromatic carbocycles. The van der Waals surface area contributed by atoms with E-state index in [1.807, 2.05) is 6.92 Å². The van der Waals surface area contributed by atoms with E-state index in [9.17, 15) is 9.18 Å². The van der Waals surface area contributed by atoms with Gasteiger partial charge in [-0.3, -0.25) is 9.48 Å². The van der Waals surface area contributed by atoms with Gasteiger partial charge in [-0.1, -0.05) is 11.6 Å². The average molecular weight is 454 g/mol. The molecule has 3 rings (SSSR count). The van der Waals surface area contributed by atoms with E-state index in [1.54, 1.807) is 29.1 Å². The summed E-state index contributed by atoms with van der Waals surface area (Å²) in [4.78, 5) is 12.4.